The molecule has 88 valence electrons. The summed E-state index contributed by atoms with van der Waals surface area (Å²) in [5, 5.41) is 2.60. The molecule has 3 heteroatoms. The van der Waals surface area contributed by atoms with E-state index in [1.54, 1.807) is 6.92 Å². The minimum absolute atomic E-state index is 0.101. The van der Waals surface area contributed by atoms with Crippen LogP contribution in [-0.2, 0) is 16.0 Å². The van der Waals surface area contributed by atoms with Crippen LogP contribution in [0.1, 0.15) is 25.0 Å². The van der Waals surface area contributed by atoms with Crippen molar-refractivity contribution in [1.29, 1.82) is 0 Å². The summed E-state index contributed by atoms with van der Waals surface area (Å²) in [4.78, 5) is 21.7. The molecule has 3 nitrogen and oxygen atoms in total. The monoisotopic (exact) mass is 229 g/mol. The third kappa shape index (κ3) is 4.98. The van der Waals surface area contributed by atoms with E-state index < -0.39 is 0 Å². The van der Waals surface area contributed by atoms with Crippen LogP contribution in [-0.4, -0.2) is 18.2 Å². The van der Waals surface area contributed by atoms with Gasteiger partial charge >= 0.3 is 0 Å². The minimum atomic E-state index is -0.101. The number of ketones is 1. The predicted octanol–water partition coefficient (Wildman–Crippen LogP) is 1.31. The molecule has 0 aliphatic carbocycles. The van der Waals surface area contributed by atoms with Gasteiger partial charge in [0.2, 0.25) is 5.91 Å². The van der Waals surface area contributed by atoms with Gasteiger partial charge in [0.25, 0.3) is 0 Å². The summed E-state index contributed by atoms with van der Waals surface area (Å²) in [5.41, 5.74) is 1.77. The van der Waals surface area contributed by atoms with Gasteiger partial charge in [-0.05, 0) is 18.6 Å². The second kappa shape index (κ2) is 6.49. The summed E-state index contributed by atoms with van der Waals surface area (Å²) in [5.74, 6) is 5.82. The number of hydrogen-bond acceptors (Lipinski definition) is 2. The molecular formula is C14H15NO2. The zero-order valence-corrected chi connectivity index (χ0v) is 10.0. The van der Waals surface area contributed by atoms with Gasteiger partial charge in [-0.3, -0.25) is 9.59 Å². The number of nitrogens with one attached hydrogen (secondary N) is 1. The Kier molecular flexibility index (Phi) is 4.96. The van der Waals surface area contributed by atoms with Crippen molar-refractivity contribution < 1.29 is 9.59 Å². The van der Waals surface area contributed by atoms with Crippen LogP contribution < -0.4 is 5.32 Å². The van der Waals surface area contributed by atoms with Gasteiger partial charge in [-0.1, -0.05) is 30.0 Å². The SMILES string of the molecule is CC(=O)Cc1ccccc1C#CCNC(C)=O. The number of amides is 1. The quantitative estimate of drug-likeness (QED) is 0.794. The molecule has 0 radical (unpaired) electrons. The molecule has 0 aromatic heterocycles. The Morgan fingerprint density at radius 2 is 1.94 bits per heavy atom. The highest BCUT2D eigenvalue weighted by molar-refractivity contribution is 5.79. The lowest BCUT2D eigenvalue weighted by Crippen LogP contribution is -2.19. The van der Waals surface area contributed by atoms with Crippen molar-refractivity contribution in [3.63, 3.8) is 0 Å². The number of Topliss-reactive ketones (excluding diaryl/α,β-unsaturated/α-hetero) is 1. The van der Waals surface area contributed by atoms with E-state index in [2.05, 4.69) is 17.2 Å². The summed E-state index contributed by atoms with van der Waals surface area (Å²) >= 11 is 0. The fourth-order valence-corrected chi connectivity index (χ4v) is 1.37. The van der Waals surface area contributed by atoms with E-state index in [0.717, 1.165) is 11.1 Å². The topological polar surface area (TPSA) is 46.2 Å². The molecule has 0 unspecified atom stereocenters. The molecule has 1 amide bonds. The summed E-state index contributed by atoms with van der Waals surface area (Å²) in [7, 11) is 0. The van der Waals surface area contributed by atoms with Gasteiger partial charge in [-0.2, -0.15) is 0 Å². The van der Waals surface area contributed by atoms with E-state index in [9.17, 15) is 9.59 Å². The molecule has 17 heavy (non-hydrogen) atoms. The normalized spacial score (nSPS) is 9.06. The van der Waals surface area contributed by atoms with E-state index in [1.807, 2.05) is 24.3 Å². The highest BCUT2D eigenvalue weighted by atomic mass is 16.1. The van der Waals surface area contributed by atoms with Crippen LogP contribution in [0.5, 0.6) is 0 Å². The molecule has 0 bridgehead atoms. The van der Waals surface area contributed by atoms with Gasteiger partial charge in [0, 0.05) is 18.9 Å². The first-order valence-electron chi connectivity index (χ1n) is 5.40. The molecule has 0 atom stereocenters. The van der Waals surface area contributed by atoms with Crippen LogP contribution >= 0.6 is 0 Å². The number of hydrogen-bond donors (Lipinski definition) is 1. The van der Waals surface area contributed by atoms with Crippen LogP contribution in [0.25, 0.3) is 0 Å². The Morgan fingerprint density at radius 3 is 2.59 bits per heavy atom. The van der Waals surface area contributed by atoms with E-state index in [-0.39, 0.29) is 11.7 Å². The first-order chi connectivity index (χ1) is 8.09. The lowest BCUT2D eigenvalue weighted by atomic mass is 10.0. The molecule has 1 aromatic rings. The van der Waals surface area contributed by atoms with Crippen molar-refractivity contribution in [1.82, 2.24) is 5.32 Å². The summed E-state index contributed by atoms with van der Waals surface area (Å²) in [6.07, 6.45) is 0.394. The second-order valence-corrected chi connectivity index (χ2v) is 3.75. The Bertz CT molecular complexity index is 480. The van der Waals surface area contributed by atoms with Gasteiger partial charge in [0.15, 0.2) is 0 Å². The Balaban J connectivity index is 2.75. The van der Waals surface area contributed by atoms with Crippen LogP contribution in [0.2, 0.25) is 0 Å². The largest absolute Gasteiger partial charge is 0.345 e. The van der Waals surface area contributed by atoms with E-state index >= 15 is 0 Å². The van der Waals surface area contributed by atoms with Crippen LogP contribution in [0.15, 0.2) is 24.3 Å². The summed E-state index contributed by atoms with van der Waals surface area (Å²) < 4.78 is 0. The van der Waals surface area contributed by atoms with Gasteiger partial charge in [0.1, 0.15) is 5.78 Å². The van der Waals surface area contributed by atoms with Crippen molar-refractivity contribution in [2.45, 2.75) is 20.3 Å². The van der Waals surface area contributed by atoms with Crippen molar-refractivity contribution in [2.75, 3.05) is 6.54 Å². The smallest absolute Gasteiger partial charge is 0.217 e. The first-order valence-corrected chi connectivity index (χ1v) is 5.40. The molecule has 0 aliphatic rings. The molecular weight excluding hydrogens is 214 g/mol. The molecule has 0 saturated heterocycles. The number of benzene rings is 1. The molecule has 1 aromatic carbocycles. The maximum atomic E-state index is 11.1. The zero-order valence-electron chi connectivity index (χ0n) is 10.0. The first kappa shape index (κ1) is 13.0. The highest BCUT2D eigenvalue weighted by Crippen LogP contribution is 2.08. The fourth-order valence-electron chi connectivity index (χ4n) is 1.37. The molecule has 1 N–H and O–H groups in total. The van der Waals surface area contributed by atoms with Crippen molar-refractivity contribution in [2.24, 2.45) is 0 Å². The van der Waals surface area contributed by atoms with Gasteiger partial charge < -0.3 is 5.32 Å². The third-order valence-electron chi connectivity index (χ3n) is 2.11. The average Bonchev–Trinajstić information content (AvgIpc) is 2.25. The third-order valence-corrected chi connectivity index (χ3v) is 2.11. The maximum absolute atomic E-state index is 11.1. The van der Waals surface area contributed by atoms with E-state index in [4.69, 9.17) is 0 Å². The Morgan fingerprint density at radius 1 is 1.24 bits per heavy atom. The Hall–Kier alpha value is -2.08. The number of rotatable bonds is 3. The molecule has 0 heterocycles. The van der Waals surface area contributed by atoms with Crippen LogP contribution in [0.4, 0.5) is 0 Å². The molecule has 0 fully saturated rings. The molecule has 0 aliphatic heterocycles. The van der Waals surface area contributed by atoms with E-state index in [0.29, 0.717) is 13.0 Å². The molecule has 0 saturated carbocycles. The average molecular weight is 229 g/mol. The summed E-state index contributed by atoms with van der Waals surface area (Å²) in [6, 6.07) is 7.53. The molecule has 1 rings (SSSR count). The molecule has 0 spiro atoms. The van der Waals surface area contributed by atoms with Gasteiger partial charge in [-0.25, -0.2) is 0 Å². The van der Waals surface area contributed by atoms with Crippen molar-refractivity contribution in [3.8, 4) is 11.8 Å². The second-order valence-electron chi connectivity index (χ2n) is 3.75. The maximum Gasteiger partial charge on any atom is 0.217 e. The predicted molar refractivity (Wildman–Crippen MR) is 66.4 cm³/mol. The zero-order chi connectivity index (χ0) is 12.7. The lowest BCUT2D eigenvalue weighted by molar-refractivity contribution is -0.119. The number of carbonyl (C=O) groups is 2. The summed E-state index contributed by atoms with van der Waals surface area (Å²) in [6.45, 7) is 3.33. The van der Waals surface area contributed by atoms with Crippen LogP contribution in [0, 0.1) is 11.8 Å². The van der Waals surface area contributed by atoms with Crippen molar-refractivity contribution in [3.05, 3.63) is 35.4 Å². The highest BCUT2D eigenvalue weighted by Gasteiger charge is 2.01. The van der Waals surface area contributed by atoms with Gasteiger partial charge in [0.05, 0.1) is 6.54 Å². The lowest BCUT2D eigenvalue weighted by Gasteiger charge is -2.01. The van der Waals surface area contributed by atoms with E-state index in [1.165, 1.54) is 6.92 Å². The standard InChI is InChI=1S/C14H15NO2/c1-11(16)10-14-7-4-3-6-13(14)8-5-9-15-12(2)17/h3-4,6-7H,9-10H2,1-2H3,(H,15,17). The Labute approximate surface area is 101 Å². The van der Waals surface area contributed by atoms with Crippen LogP contribution in [0.3, 0.4) is 0 Å². The van der Waals surface area contributed by atoms with Crippen molar-refractivity contribution >= 4 is 11.7 Å². The minimum Gasteiger partial charge on any atom is -0.345 e. The fraction of sp³-hybridized carbons (Fsp3) is 0.286. The van der Waals surface area contributed by atoms with Gasteiger partial charge in [-0.15, -0.1) is 0 Å². The number of carbonyl (C=O) groups excluding carboxylic acids is 2.